The number of carbonyl (C=O) groups is 3. The van der Waals surface area contributed by atoms with Crippen LogP contribution in [0, 0.1) is 0 Å². The third kappa shape index (κ3) is 54.6. The van der Waals surface area contributed by atoms with Crippen molar-refractivity contribution in [2.75, 3.05) is 13.2 Å². The fraction of sp³-hybridized carbons (Fsp3) is 0.635. The average molecular weight is 956 g/mol. The zero-order chi connectivity index (χ0) is 50.0. The van der Waals surface area contributed by atoms with Gasteiger partial charge in [-0.2, -0.15) is 0 Å². The van der Waals surface area contributed by atoms with Gasteiger partial charge in [0.15, 0.2) is 6.10 Å². The molecule has 0 aromatic carbocycles. The highest BCUT2D eigenvalue weighted by Crippen LogP contribution is 2.13. The molecule has 0 aliphatic rings. The molecule has 0 heterocycles. The normalized spacial score (nSPS) is 13.0. The van der Waals surface area contributed by atoms with Crippen LogP contribution >= 0.6 is 0 Å². The topological polar surface area (TPSA) is 78.9 Å². The second-order valence-corrected chi connectivity index (χ2v) is 18.1. The summed E-state index contributed by atoms with van der Waals surface area (Å²) >= 11 is 0. The summed E-state index contributed by atoms with van der Waals surface area (Å²) in [5, 5.41) is 0. The molecule has 0 aromatic rings. The molecule has 0 rings (SSSR count). The molecule has 0 aromatic heterocycles. The highest BCUT2D eigenvalue weighted by molar-refractivity contribution is 5.71. The quantitative estimate of drug-likeness (QED) is 0.0262. The number of allylic oxidation sites excluding steroid dienone is 20. The van der Waals surface area contributed by atoms with Gasteiger partial charge in [0.25, 0.3) is 0 Å². The van der Waals surface area contributed by atoms with Crippen LogP contribution in [0.2, 0.25) is 0 Å². The Morgan fingerprint density at radius 2 is 0.565 bits per heavy atom. The highest BCUT2D eigenvalue weighted by Gasteiger charge is 2.19. The minimum absolute atomic E-state index is 0.101. The van der Waals surface area contributed by atoms with Crippen LogP contribution in [0.25, 0.3) is 0 Å². The van der Waals surface area contributed by atoms with Crippen LogP contribution in [-0.2, 0) is 28.6 Å². The number of ether oxygens (including phenoxy) is 3. The maximum atomic E-state index is 12.8. The lowest BCUT2D eigenvalue weighted by molar-refractivity contribution is -0.167. The number of carbonyl (C=O) groups excluding carboxylic acids is 3. The van der Waals surface area contributed by atoms with E-state index in [2.05, 4.69) is 142 Å². The van der Waals surface area contributed by atoms with Crippen molar-refractivity contribution in [2.45, 2.75) is 245 Å². The predicted molar refractivity (Wildman–Crippen MR) is 297 cm³/mol. The van der Waals surface area contributed by atoms with E-state index in [1.54, 1.807) is 0 Å². The Balaban J connectivity index is 4.45. The van der Waals surface area contributed by atoms with E-state index in [0.29, 0.717) is 19.3 Å². The molecular formula is C63H102O6. The Hall–Kier alpha value is -4.19. The van der Waals surface area contributed by atoms with Crippen LogP contribution in [0.1, 0.15) is 239 Å². The molecule has 0 fully saturated rings. The number of rotatable bonds is 49. The van der Waals surface area contributed by atoms with E-state index in [1.807, 2.05) is 0 Å². The third-order valence-corrected chi connectivity index (χ3v) is 11.4. The summed E-state index contributed by atoms with van der Waals surface area (Å²) in [7, 11) is 0. The molecule has 390 valence electrons. The minimum Gasteiger partial charge on any atom is -0.462 e. The van der Waals surface area contributed by atoms with Crippen molar-refractivity contribution >= 4 is 17.9 Å². The van der Waals surface area contributed by atoms with Crippen LogP contribution < -0.4 is 0 Å². The first-order chi connectivity index (χ1) is 34.0. The molecule has 0 bridgehead atoms. The van der Waals surface area contributed by atoms with Gasteiger partial charge in [-0.3, -0.25) is 14.4 Å². The van der Waals surface area contributed by atoms with Crippen molar-refractivity contribution in [1.82, 2.24) is 0 Å². The molecule has 0 saturated carbocycles. The molecular weight excluding hydrogens is 853 g/mol. The number of hydrogen-bond donors (Lipinski definition) is 0. The summed E-state index contributed by atoms with van der Waals surface area (Å²) in [6.45, 7) is 6.35. The third-order valence-electron chi connectivity index (χ3n) is 11.4. The summed E-state index contributed by atoms with van der Waals surface area (Å²) in [4.78, 5) is 38.1. The predicted octanol–water partition coefficient (Wildman–Crippen LogP) is 18.9. The van der Waals surface area contributed by atoms with E-state index in [9.17, 15) is 14.4 Å². The second-order valence-electron chi connectivity index (χ2n) is 18.1. The van der Waals surface area contributed by atoms with E-state index in [0.717, 1.165) is 161 Å². The van der Waals surface area contributed by atoms with Crippen LogP contribution in [0.15, 0.2) is 122 Å². The molecule has 0 aliphatic heterocycles. The van der Waals surface area contributed by atoms with Gasteiger partial charge in [-0.15, -0.1) is 0 Å². The molecule has 0 radical (unpaired) electrons. The van der Waals surface area contributed by atoms with E-state index < -0.39 is 6.10 Å². The Morgan fingerprint density at radius 1 is 0.304 bits per heavy atom. The first kappa shape index (κ1) is 64.8. The zero-order valence-corrected chi connectivity index (χ0v) is 44.5. The Kier molecular flexibility index (Phi) is 53.0. The fourth-order valence-corrected chi connectivity index (χ4v) is 7.28. The standard InChI is InChI=1S/C63H102O6/c1-4-7-10-13-16-19-22-25-27-28-29-30-31-32-33-34-36-38-41-44-47-50-53-56-62(65)68-59-60(58-67-61(64)55-52-49-46-43-40-37-24-21-18-15-12-9-6-3)69-63(66)57-54-51-48-45-42-39-35-26-23-20-17-14-11-8-5-2/h7-8,10-11,16-17,19-21,24-27,29-30,32-33,35-36,38,60H,4-6,9,12-15,18,22-23,28,31,34,37,39-59H2,1-3H3/b10-7-,11-8-,19-16-,20-17-,24-21-,27-25-,30-29-,33-32-,35-26-,38-36-. The second kappa shape index (κ2) is 56.4. The van der Waals surface area contributed by atoms with Crippen molar-refractivity contribution in [3.63, 3.8) is 0 Å². The summed E-state index contributed by atoms with van der Waals surface area (Å²) in [6, 6.07) is 0. The maximum absolute atomic E-state index is 12.8. The number of hydrogen-bond acceptors (Lipinski definition) is 6. The van der Waals surface area contributed by atoms with Gasteiger partial charge in [-0.1, -0.05) is 213 Å². The van der Waals surface area contributed by atoms with E-state index >= 15 is 0 Å². The lowest BCUT2D eigenvalue weighted by Gasteiger charge is -2.18. The molecule has 0 aliphatic carbocycles. The highest BCUT2D eigenvalue weighted by atomic mass is 16.6. The molecule has 1 unspecified atom stereocenters. The van der Waals surface area contributed by atoms with Gasteiger partial charge >= 0.3 is 17.9 Å². The van der Waals surface area contributed by atoms with Gasteiger partial charge in [0.1, 0.15) is 13.2 Å². The Morgan fingerprint density at radius 3 is 0.899 bits per heavy atom. The molecule has 6 nitrogen and oxygen atoms in total. The van der Waals surface area contributed by atoms with E-state index in [1.165, 1.54) is 38.5 Å². The first-order valence-electron chi connectivity index (χ1n) is 28.0. The van der Waals surface area contributed by atoms with Crippen LogP contribution in [0.4, 0.5) is 0 Å². The summed E-state index contributed by atoms with van der Waals surface area (Å²) in [6.07, 6.45) is 77.5. The fourth-order valence-electron chi connectivity index (χ4n) is 7.28. The van der Waals surface area contributed by atoms with Gasteiger partial charge in [-0.25, -0.2) is 0 Å². The molecule has 0 N–H and O–H groups in total. The Bertz CT molecular complexity index is 1470. The van der Waals surface area contributed by atoms with Gasteiger partial charge < -0.3 is 14.2 Å². The SMILES string of the molecule is CC/C=C\C/C=C\C/C=C\C/C=C\C/C=C\C/C=C\CCCCCCC(=O)OCC(COC(=O)CCCCCCC/C=C\CCCCCC)OC(=O)CCCCCCC/C=C\C/C=C\C/C=C\CC. The van der Waals surface area contributed by atoms with Gasteiger partial charge in [-0.05, 0) is 128 Å². The minimum atomic E-state index is -0.805. The van der Waals surface area contributed by atoms with E-state index in [-0.39, 0.29) is 31.1 Å². The molecule has 0 amide bonds. The maximum Gasteiger partial charge on any atom is 0.306 e. The van der Waals surface area contributed by atoms with Crippen molar-refractivity contribution in [1.29, 1.82) is 0 Å². The average Bonchev–Trinajstić information content (AvgIpc) is 3.35. The van der Waals surface area contributed by atoms with Crippen LogP contribution in [0.3, 0.4) is 0 Å². The van der Waals surface area contributed by atoms with E-state index in [4.69, 9.17) is 14.2 Å². The van der Waals surface area contributed by atoms with Gasteiger partial charge in [0, 0.05) is 19.3 Å². The summed E-state index contributed by atoms with van der Waals surface area (Å²) in [5.74, 6) is -0.956. The van der Waals surface area contributed by atoms with Crippen molar-refractivity contribution < 1.29 is 28.6 Å². The molecule has 0 spiro atoms. The number of esters is 3. The zero-order valence-electron chi connectivity index (χ0n) is 44.5. The number of unbranched alkanes of at least 4 members (excludes halogenated alkanes) is 18. The molecule has 6 heteroatoms. The summed E-state index contributed by atoms with van der Waals surface area (Å²) in [5.41, 5.74) is 0. The lowest BCUT2D eigenvalue weighted by atomic mass is 10.1. The lowest BCUT2D eigenvalue weighted by Crippen LogP contribution is -2.30. The molecule has 0 saturated heterocycles. The monoisotopic (exact) mass is 955 g/mol. The van der Waals surface area contributed by atoms with Crippen molar-refractivity contribution in [3.05, 3.63) is 122 Å². The van der Waals surface area contributed by atoms with Crippen molar-refractivity contribution in [3.8, 4) is 0 Å². The molecule has 69 heavy (non-hydrogen) atoms. The Labute approximate surface area is 424 Å². The van der Waals surface area contributed by atoms with Crippen LogP contribution in [0.5, 0.6) is 0 Å². The van der Waals surface area contributed by atoms with Gasteiger partial charge in [0.2, 0.25) is 0 Å². The van der Waals surface area contributed by atoms with Gasteiger partial charge in [0.05, 0.1) is 0 Å². The molecule has 1 atom stereocenters. The largest absolute Gasteiger partial charge is 0.462 e. The van der Waals surface area contributed by atoms with Crippen molar-refractivity contribution in [2.24, 2.45) is 0 Å². The summed E-state index contributed by atoms with van der Waals surface area (Å²) < 4.78 is 16.8. The van der Waals surface area contributed by atoms with Crippen LogP contribution in [-0.4, -0.2) is 37.2 Å². The smallest absolute Gasteiger partial charge is 0.306 e. The first-order valence-corrected chi connectivity index (χ1v) is 28.0.